The van der Waals surface area contributed by atoms with E-state index in [1.54, 1.807) is 12.1 Å². The molecule has 0 unspecified atom stereocenters. The van der Waals surface area contributed by atoms with E-state index < -0.39 is 0 Å². The highest BCUT2D eigenvalue weighted by molar-refractivity contribution is 5.89. The molecule has 0 bridgehead atoms. The average molecular weight is 340 g/mol. The van der Waals surface area contributed by atoms with Crippen LogP contribution >= 0.6 is 0 Å². The molecule has 6 nitrogen and oxygen atoms in total. The molecule has 3 N–H and O–H groups in total. The molecule has 0 spiro atoms. The molecule has 0 heterocycles. The molecule has 0 aromatic heterocycles. The summed E-state index contributed by atoms with van der Waals surface area (Å²) in [6.07, 6.45) is 0.234. The molecule has 0 fully saturated rings. The predicted octanol–water partition coefficient (Wildman–Crippen LogP) is 2.58. The average Bonchev–Trinajstić information content (AvgIpc) is 2.61. The summed E-state index contributed by atoms with van der Waals surface area (Å²) in [7, 11) is 3.97. The van der Waals surface area contributed by atoms with Crippen LogP contribution in [-0.4, -0.2) is 32.6 Å². The number of para-hydroxylation sites is 1. The van der Waals surface area contributed by atoms with E-state index in [0.29, 0.717) is 12.2 Å². The number of rotatable bonds is 7. The molecule has 2 aromatic carbocycles. The van der Waals surface area contributed by atoms with E-state index in [1.165, 1.54) is 0 Å². The van der Waals surface area contributed by atoms with Gasteiger partial charge in [0.05, 0.1) is 0 Å². The predicted molar refractivity (Wildman–Crippen MR) is 101 cm³/mol. The molecule has 2 rings (SSSR count). The lowest BCUT2D eigenvalue weighted by atomic mass is 10.2. The molecule has 0 aliphatic carbocycles. The Balaban J connectivity index is 1.64. The molecule has 0 radical (unpaired) electrons. The van der Waals surface area contributed by atoms with Gasteiger partial charge in [0.2, 0.25) is 5.91 Å². The van der Waals surface area contributed by atoms with Crippen LogP contribution in [0.3, 0.4) is 0 Å². The topological polar surface area (TPSA) is 73.5 Å². The fourth-order valence-corrected chi connectivity index (χ4v) is 2.19. The van der Waals surface area contributed by atoms with E-state index >= 15 is 0 Å². The lowest BCUT2D eigenvalue weighted by molar-refractivity contribution is -0.121. The maximum atomic E-state index is 11.8. The minimum absolute atomic E-state index is 0.100. The molecule has 6 heteroatoms. The van der Waals surface area contributed by atoms with Gasteiger partial charge in [0, 0.05) is 45.0 Å². The number of carbonyl (C=O) groups excluding carboxylic acids is 2. The summed E-state index contributed by atoms with van der Waals surface area (Å²) in [4.78, 5) is 25.6. The minimum atomic E-state index is -0.321. The second kappa shape index (κ2) is 9.32. The van der Waals surface area contributed by atoms with Crippen LogP contribution in [-0.2, 0) is 11.3 Å². The van der Waals surface area contributed by atoms with Gasteiger partial charge < -0.3 is 20.9 Å². The lowest BCUT2D eigenvalue weighted by Crippen LogP contribution is -2.33. The van der Waals surface area contributed by atoms with Gasteiger partial charge in [0.15, 0.2) is 0 Å². The highest BCUT2D eigenvalue weighted by atomic mass is 16.2. The van der Waals surface area contributed by atoms with Crippen molar-refractivity contribution in [1.82, 2.24) is 10.6 Å². The summed E-state index contributed by atoms with van der Waals surface area (Å²) in [6, 6.07) is 16.8. The van der Waals surface area contributed by atoms with E-state index in [4.69, 9.17) is 0 Å². The second-order valence-electron chi connectivity index (χ2n) is 5.83. The maximum absolute atomic E-state index is 11.8. The molecule has 25 heavy (non-hydrogen) atoms. The highest BCUT2D eigenvalue weighted by Crippen LogP contribution is 2.11. The van der Waals surface area contributed by atoms with Gasteiger partial charge in [-0.15, -0.1) is 0 Å². The maximum Gasteiger partial charge on any atom is 0.319 e. The molecule has 0 atom stereocenters. The fourth-order valence-electron chi connectivity index (χ4n) is 2.19. The first-order chi connectivity index (χ1) is 12.0. The van der Waals surface area contributed by atoms with Crippen LogP contribution in [0.25, 0.3) is 0 Å². The SMILES string of the molecule is CN(C)c1ccc(CNC(=O)CCNC(=O)Nc2ccccc2)cc1. The second-order valence-corrected chi connectivity index (χ2v) is 5.83. The Morgan fingerprint density at radius 1 is 0.920 bits per heavy atom. The first kappa shape index (κ1) is 18.3. The molecular formula is C19H24N4O2. The third-order valence-electron chi connectivity index (χ3n) is 3.61. The Bertz CT molecular complexity index is 684. The molecule has 132 valence electrons. The van der Waals surface area contributed by atoms with E-state index in [9.17, 15) is 9.59 Å². The molecule has 0 aliphatic rings. The number of anilines is 2. The smallest absolute Gasteiger partial charge is 0.319 e. The summed E-state index contributed by atoms with van der Waals surface area (Å²) in [5.41, 5.74) is 2.86. The molecular weight excluding hydrogens is 316 g/mol. The van der Waals surface area contributed by atoms with Crippen molar-refractivity contribution in [3.63, 3.8) is 0 Å². The monoisotopic (exact) mass is 340 g/mol. The van der Waals surface area contributed by atoms with Crippen molar-refractivity contribution < 1.29 is 9.59 Å². The van der Waals surface area contributed by atoms with Crippen LogP contribution in [0.15, 0.2) is 54.6 Å². The summed E-state index contributed by atoms with van der Waals surface area (Å²) in [5, 5.41) is 8.21. The zero-order chi connectivity index (χ0) is 18.1. The Morgan fingerprint density at radius 2 is 1.60 bits per heavy atom. The van der Waals surface area contributed by atoms with Gasteiger partial charge in [-0.1, -0.05) is 30.3 Å². The van der Waals surface area contributed by atoms with Crippen LogP contribution in [0.1, 0.15) is 12.0 Å². The number of hydrogen-bond donors (Lipinski definition) is 3. The summed E-state index contributed by atoms with van der Waals surface area (Å²) in [6.45, 7) is 0.757. The first-order valence-corrected chi connectivity index (χ1v) is 8.17. The number of hydrogen-bond acceptors (Lipinski definition) is 3. The number of benzene rings is 2. The van der Waals surface area contributed by atoms with Crippen molar-refractivity contribution in [2.24, 2.45) is 0 Å². The van der Waals surface area contributed by atoms with Gasteiger partial charge >= 0.3 is 6.03 Å². The Hall–Kier alpha value is -3.02. The number of carbonyl (C=O) groups is 2. The van der Waals surface area contributed by atoms with Gasteiger partial charge in [-0.05, 0) is 29.8 Å². The minimum Gasteiger partial charge on any atom is -0.378 e. The van der Waals surface area contributed by atoms with Crippen LogP contribution in [0.4, 0.5) is 16.2 Å². The molecule has 0 aliphatic heterocycles. The van der Waals surface area contributed by atoms with Crippen molar-refractivity contribution in [2.45, 2.75) is 13.0 Å². The number of nitrogens with zero attached hydrogens (tertiary/aromatic N) is 1. The van der Waals surface area contributed by atoms with Crippen LogP contribution in [0.2, 0.25) is 0 Å². The number of urea groups is 1. The van der Waals surface area contributed by atoms with E-state index in [1.807, 2.05) is 61.5 Å². The molecule has 0 saturated heterocycles. The van der Waals surface area contributed by atoms with Gasteiger partial charge in [-0.3, -0.25) is 4.79 Å². The molecule has 2 aromatic rings. The van der Waals surface area contributed by atoms with Crippen molar-refractivity contribution in [3.8, 4) is 0 Å². The lowest BCUT2D eigenvalue weighted by Gasteiger charge is -2.13. The van der Waals surface area contributed by atoms with Crippen LogP contribution < -0.4 is 20.9 Å². The standard InChI is InChI=1S/C19H24N4O2/c1-23(2)17-10-8-15(9-11-17)14-21-18(24)12-13-20-19(25)22-16-6-4-3-5-7-16/h3-11H,12-14H2,1-2H3,(H,21,24)(H2,20,22,25). The Morgan fingerprint density at radius 3 is 2.24 bits per heavy atom. The molecule has 0 saturated carbocycles. The van der Waals surface area contributed by atoms with Crippen molar-refractivity contribution in [1.29, 1.82) is 0 Å². The quantitative estimate of drug-likeness (QED) is 0.725. The van der Waals surface area contributed by atoms with Gasteiger partial charge in [0.1, 0.15) is 0 Å². The van der Waals surface area contributed by atoms with E-state index in [0.717, 1.165) is 11.3 Å². The van der Waals surface area contributed by atoms with Crippen molar-refractivity contribution >= 4 is 23.3 Å². The summed E-state index contributed by atoms with van der Waals surface area (Å²) >= 11 is 0. The summed E-state index contributed by atoms with van der Waals surface area (Å²) in [5.74, 6) is -0.100. The van der Waals surface area contributed by atoms with Gasteiger partial charge in [-0.2, -0.15) is 0 Å². The first-order valence-electron chi connectivity index (χ1n) is 8.17. The van der Waals surface area contributed by atoms with E-state index in [-0.39, 0.29) is 24.9 Å². The third-order valence-corrected chi connectivity index (χ3v) is 3.61. The number of nitrogens with one attached hydrogen (secondary N) is 3. The Kier molecular flexibility index (Phi) is 6.83. The van der Waals surface area contributed by atoms with Crippen LogP contribution in [0.5, 0.6) is 0 Å². The highest BCUT2D eigenvalue weighted by Gasteiger charge is 2.04. The zero-order valence-electron chi connectivity index (χ0n) is 14.6. The zero-order valence-corrected chi connectivity index (χ0v) is 14.6. The van der Waals surface area contributed by atoms with Gasteiger partial charge in [0.25, 0.3) is 0 Å². The van der Waals surface area contributed by atoms with Crippen molar-refractivity contribution in [3.05, 3.63) is 60.2 Å². The van der Waals surface area contributed by atoms with Crippen molar-refractivity contribution in [2.75, 3.05) is 30.9 Å². The summed E-state index contributed by atoms with van der Waals surface area (Å²) < 4.78 is 0. The van der Waals surface area contributed by atoms with Gasteiger partial charge in [-0.25, -0.2) is 4.79 Å². The normalized spacial score (nSPS) is 10.0. The Labute approximate surface area is 148 Å². The fraction of sp³-hybridized carbons (Fsp3) is 0.263. The number of amides is 3. The largest absolute Gasteiger partial charge is 0.378 e. The van der Waals surface area contributed by atoms with E-state index in [2.05, 4.69) is 16.0 Å². The van der Waals surface area contributed by atoms with Crippen LogP contribution in [0, 0.1) is 0 Å². The third kappa shape index (κ3) is 6.55. The molecule has 3 amide bonds.